The van der Waals surface area contributed by atoms with Crippen LogP contribution in [0.5, 0.6) is 5.75 Å². The van der Waals surface area contributed by atoms with E-state index in [0.29, 0.717) is 13.0 Å². The zero-order chi connectivity index (χ0) is 19.1. The number of carbonyl (C=O) groups excluding carboxylic acids is 1. The Kier molecular flexibility index (Phi) is 6.54. The highest BCUT2D eigenvalue weighted by Crippen LogP contribution is 2.19. The lowest BCUT2D eigenvalue weighted by molar-refractivity contribution is -0.115. The molecule has 1 aliphatic heterocycles. The van der Waals surface area contributed by atoms with Crippen LogP contribution in [0.3, 0.4) is 0 Å². The highest BCUT2D eigenvalue weighted by Gasteiger charge is 2.14. The summed E-state index contributed by atoms with van der Waals surface area (Å²) in [6.07, 6.45) is 0.409. The van der Waals surface area contributed by atoms with Crippen molar-refractivity contribution in [2.45, 2.75) is 6.42 Å². The first-order chi connectivity index (χ1) is 13.1. The fourth-order valence-electron chi connectivity index (χ4n) is 3.07. The molecule has 0 spiro atoms. The van der Waals surface area contributed by atoms with Crippen LogP contribution in [-0.2, 0) is 4.79 Å². The highest BCUT2D eigenvalue weighted by molar-refractivity contribution is 5.91. The van der Waals surface area contributed by atoms with E-state index in [4.69, 9.17) is 4.74 Å². The van der Waals surface area contributed by atoms with Crippen molar-refractivity contribution in [3.8, 4) is 5.75 Å². The molecule has 0 bridgehead atoms. The highest BCUT2D eigenvalue weighted by atomic mass is 16.5. The molecule has 2 N–H and O–H groups in total. The number of piperazine rings is 1. The van der Waals surface area contributed by atoms with Crippen LogP contribution in [0, 0.1) is 0 Å². The van der Waals surface area contributed by atoms with Gasteiger partial charge in [0.2, 0.25) is 5.91 Å². The first kappa shape index (κ1) is 19.0. The van der Waals surface area contributed by atoms with Crippen LogP contribution in [0.25, 0.3) is 0 Å². The maximum absolute atomic E-state index is 12.1. The molecule has 0 radical (unpaired) electrons. The van der Waals surface area contributed by atoms with E-state index in [9.17, 15) is 4.79 Å². The molecule has 27 heavy (non-hydrogen) atoms. The van der Waals surface area contributed by atoms with Gasteiger partial charge in [-0.05, 0) is 55.6 Å². The van der Waals surface area contributed by atoms with Gasteiger partial charge in [0.15, 0.2) is 0 Å². The Labute approximate surface area is 161 Å². The number of ether oxygens (including phenoxy) is 1. The van der Waals surface area contributed by atoms with Crippen LogP contribution < -0.4 is 20.3 Å². The Morgan fingerprint density at radius 3 is 2.22 bits per heavy atom. The first-order valence-electron chi connectivity index (χ1n) is 9.35. The minimum Gasteiger partial charge on any atom is -0.497 e. The minimum absolute atomic E-state index is 0.00311. The van der Waals surface area contributed by atoms with Crippen LogP contribution in [0.2, 0.25) is 0 Å². The molecule has 0 aromatic heterocycles. The number of anilines is 3. The lowest BCUT2D eigenvalue weighted by Gasteiger charge is -2.34. The molecule has 1 heterocycles. The van der Waals surface area contributed by atoms with Gasteiger partial charge in [0, 0.05) is 56.2 Å². The Morgan fingerprint density at radius 2 is 1.59 bits per heavy atom. The van der Waals surface area contributed by atoms with Crippen LogP contribution in [0.4, 0.5) is 17.1 Å². The summed E-state index contributed by atoms with van der Waals surface area (Å²) in [4.78, 5) is 16.9. The monoisotopic (exact) mass is 368 g/mol. The average molecular weight is 368 g/mol. The number of amides is 1. The maximum Gasteiger partial charge on any atom is 0.226 e. The summed E-state index contributed by atoms with van der Waals surface area (Å²) < 4.78 is 5.13. The van der Waals surface area contributed by atoms with Gasteiger partial charge >= 0.3 is 0 Å². The molecule has 0 atom stereocenters. The lowest BCUT2D eigenvalue weighted by atomic mass is 10.2. The van der Waals surface area contributed by atoms with Crippen molar-refractivity contribution in [1.82, 2.24) is 4.90 Å². The largest absolute Gasteiger partial charge is 0.497 e. The van der Waals surface area contributed by atoms with Crippen molar-refractivity contribution < 1.29 is 9.53 Å². The fourth-order valence-corrected chi connectivity index (χ4v) is 3.07. The number of nitrogens with one attached hydrogen (secondary N) is 2. The smallest absolute Gasteiger partial charge is 0.226 e. The molecule has 6 heteroatoms. The zero-order valence-corrected chi connectivity index (χ0v) is 16.1. The van der Waals surface area contributed by atoms with E-state index in [1.54, 1.807) is 7.11 Å². The topological polar surface area (TPSA) is 56.8 Å². The van der Waals surface area contributed by atoms with Crippen molar-refractivity contribution in [3.63, 3.8) is 0 Å². The Morgan fingerprint density at radius 1 is 0.963 bits per heavy atom. The molecule has 6 nitrogen and oxygen atoms in total. The molecule has 144 valence electrons. The number of likely N-dealkylation sites (N-methyl/N-ethyl adjacent to an activating group) is 1. The second-order valence-electron chi connectivity index (χ2n) is 6.79. The first-order valence-corrected chi connectivity index (χ1v) is 9.35. The van der Waals surface area contributed by atoms with Gasteiger partial charge in [-0.15, -0.1) is 0 Å². The SMILES string of the molecule is COc1ccc(NCCC(=O)Nc2ccc(N3CCN(C)CC3)cc2)cc1. The summed E-state index contributed by atoms with van der Waals surface area (Å²) in [5, 5.41) is 6.20. The second kappa shape index (κ2) is 9.28. The van der Waals surface area contributed by atoms with Crippen LogP contribution in [0.15, 0.2) is 48.5 Å². The van der Waals surface area contributed by atoms with Crippen molar-refractivity contribution >= 4 is 23.0 Å². The van der Waals surface area contributed by atoms with Gasteiger partial charge < -0.3 is 25.2 Å². The van der Waals surface area contributed by atoms with E-state index < -0.39 is 0 Å². The molecule has 2 aromatic carbocycles. The van der Waals surface area contributed by atoms with E-state index in [1.165, 1.54) is 5.69 Å². The van der Waals surface area contributed by atoms with Crippen LogP contribution in [0.1, 0.15) is 6.42 Å². The van der Waals surface area contributed by atoms with Gasteiger partial charge in [0.05, 0.1) is 7.11 Å². The molecule has 1 saturated heterocycles. The van der Waals surface area contributed by atoms with E-state index in [-0.39, 0.29) is 5.91 Å². The molecule has 3 rings (SSSR count). The van der Waals surface area contributed by atoms with Gasteiger partial charge in [-0.3, -0.25) is 4.79 Å². The summed E-state index contributed by atoms with van der Waals surface area (Å²) in [6.45, 7) is 4.83. The molecule has 0 aliphatic carbocycles. The lowest BCUT2D eigenvalue weighted by Crippen LogP contribution is -2.44. The number of rotatable bonds is 7. The Bertz CT molecular complexity index is 723. The van der Waals surface area contributed by atoms with E-state index >= 15 is 0 Å². The van der Waals surface area contributed by atoms with E-state index in [1.807, 2.05) is 36.4 Å². The van der Waals surface area contributed by atoms with Crippen molar-refractivity contribution in [3.05, 3.63) is 48.5 Å². The Hall–Kier alpha value is -2.73. The molecular formula is C21H28N4O2. The van der Waals surface area contributed by atoms with Gasteiger partial charge in [-0.25, -0.2) is 0 Å². The van der Waals surface area contributed by atoms with E-state index in [2.05, 4.69) is 39.6 Å². The third-order valence-electron chi connectivity index (χ3n) is 4.79. The molecule has 1 amide bonds. The molecule has 0 unspecified atom stereocenters. The summed E-state index contributed by atoms with van der Waals surface area (Å²) in [6, 6.07) is 15.8. The van der Waals surface area contributed by atoms with Gasteiger partial charge in [-0.2, -0.15) is 0 Å². The number of nitrogens with zero attached hydrogens (tertiary/aromatic N) is 2. The minimum atomic E-state index is 0.00311. The number of hydrogen-bond donors (Lipinski definition) is 2. The zero-order valence-electron chi connectivity index (χ0n) is 16.1. The summed E-state index contributed by atoms with van der Waals surface area (Å²) >= 11 is 0. The third kappa shape index (κ3) is 5.62. The van der Waals surface area contributed by atoms with Crippen LogP contribution in [-0.4, -0.2) is 57.7 Å². The summed E-state index contributed by atoms with van der Waals surface area (Å²) in [7, 11) is 3.80. The van der Waals surface area contributed by atoms with Crippen molar-refractivity contribution in [1.29, 1.82) is 0 Å². The van der Waals surface area contributed by atoms with E-state index in [0.717, 1.165) is 43.3 Å². The van der Waals surface area contributed by atoms with Gasteiger partial charge in [-0.1, -0.05) is 0 Å². The fraction of sp³-hybridized carbons (Fsp3) is 0.381. The number of hydrogen-bond acceptors (Lipinski definition) is 5. The predicted molar refractivity (Wildman–Crippen MR) is 111 cm³/mol. The van der Waals surface area contributed by atoms with Crippen molar-refractivity contribution in [2.24, 2.45) is 0 Å². The molecule has 1 aliphatic rings. The normalized spacial score (nSPS) is 14.7. The molecular weight excluding hydrogens is 340 g/mol. The maximum atomic E-state index is 12.1. The number of benzene rings is 2. The molecule has 1 fully saturated rings. The van der Waals surface area contributed by atoms with Gasteiger partial charge in [0.1, 0.15) is 5.75 Å². The standard InChI is InChI=1S/C21H28N4O2/c1-24-13-15-25(16-14-24)19-7-3-18(4-8-19)23-21(26)11-12-22-17-5-9-20(27-2)10-6-17/h3-10,22H,11-16H2,1-2H3,(H,23,26). The summed E-state index contributed by atoms with van der Waals surface area (Å²) in [5.41, 5.74) is 3.02. The third-order valence-corrected chi connectivity index (χ3v) is 4.79. The summed E-state index contributed by atoms with van der Waals surface area (Å²) in [5.74, 6) is 0.821. The predicted octanol–water partition coefficient (Wildman–Crippen LogP) is 2.89. The second-order valence-corrected chi connectivity index (χ2v) is 6.79. The number of carbonyl (C=O) groups is 1. The quantitative estimate of drug-likeness (QED) is 0.787. The molecule has 0 saturated carbocycles. The van der Waals surface area contributed by atoms with Gasteiger partial charge in [0.25, 0.3) is 0 Å². The van der Waals surface area contributed by atoms with Crippen LogP contribution >= 0.6 is 0 Å². The number of methoxy groups -OCH3 is 1. The van der Waals surface area contributed by atoms with Crippen molar-refractivity contribution in [2.75, 3.05) is 62.4 Å². The Balaban J connectivity index is 1.42. The molecule has 2 aromatic rings. The average Bonchev–Trinajstić information content (AvgIpc) is 2.70.